The van der Waals surface area contributed by atoms with Crippen molar-refractivity contribution in [3.8, 4) is 0 Å². The molecule has 0 aromatic heterocycles. The van der Waals surface area contributed by atoms with Gasteiger partial charge in [-0.3, -0.25) is 4.99 Å². The first-order chi connectivity index (χ1) is 7.34. The largest absolute Gasteiger partial charge is 0.361 e. The van der Waals surface area contributed by atoms with Gasteiger partial charge in [0.2, 0.25) is 0 Å². The van der Waals surface area contributed by atoms with Crippen molar-refractivity contribution in [3.05, 3.63) is 35.6 Å². The lowest BCUT2D eigenvalue weighted by Gasteiger charge is -2.13. The van der Waals surface area contributed by atoms with E-state index in [4.69, 9.17) is 0 Å². The summed E-state index contributed by atoms with van der Waals surface area (Å²) in [5.41, 5.74) is 0.948. The average molecular weight is 224 g/mol. The molecule has 2 rings (SSSR count). The van der Waals surface area contributed by atoms with E-state index in [9.17, 15) is 4.39 Å². The molecule has 0 saturated heterocycles. The van der Waals surface area contributed by atoms with Gasteiger partial charge in [0.1, 0.15) is 5.82 Å². The Balaban J connectivity index is 1.90. The second kappa shape index (κ2) is 5.16. The Morgan fingerprint density at radius 3 is 3.13 bits per heavy atom. The molecule has 1 aromatic rings. The highest BCUT2D eigenvalue weighted by atomic mass is 32.2. The van der Waals surface area contributed by atoms with Crippen molar-refractivity contribution in [2.45, 2.75) is 13.0 Å². The van der Waals surface area contributed by atoms with Crippen LogP contribution in [-0.2, 0) is 6.54 Å². The molecule has 1 N–H and O–H groups in total. The number of hydrogen-bond acceptors (Lipinski definition) is 3. The maximum Gasteiger partial charge on any atom is 0.156 e. The second-order valence-electron chi connectivity index (χ2n) is 3.37. The van der Waals surface area contributed by atoms with Crippen molar-refractivity contribution in [2.75, 3.05) is 12.3 Å². The van der Waals surface area contributed by atoms with E-state index in [0.29, 0.717) is 6.54 Å². The smallest absolute Gasteiger partial charge is 0.156 e. The minimum absolute atomic E-state index is 0.187. The van der Waals surface area contributed by atoms with Crippen LogP contribution >= 0.6 is 11.8 Å². The lowest BCUT2D eigenvalue weighted by molar-refractivity contribution is 0.625. The molecule has 0 atom stereocenters. The van der Waals surface area contributed by atoms with E-state index < -0.39 is 0 Å². The summed E-state index contributed by atoms with van der Waals surface area (Å²) in [4.78, 5) is 4.34. The van der Waals surface area contributed by atoms with Crippen LogP contribution < -0.4 is 5.32 Å². The van der Waals surface area contributed by atoms with Gasteiger partial charge in [-0.25, -0.2) is 4.39 Å². The lowest BCUT2D eigenvalue weighted by Crippen LogP contribution is -2.22. The molecule has 0 saturated carbocycles. The predicted octanol–water partition coefficient (Wildman–Crippen LogP) is 2.41. The number of halogens is 1. The molecular formula is C11H13FN2S. The van der Waals surface area contributed by atoms with Gasteiger partial charge in [-0.2, -0.15) is 0 Å². The molecular weight excluding hydrogens is 211 g/mol. The van der Waals surface area contributed by atoms with E-state index in [2.05, 4.69) is 10.3 Å². The molecule has 0 fully saturated rings. The van der Waals surface area contributed by atoms with E-state index in [0.717, 1.165) is 29.4 Å². The number of aliphatic imine (C=N–C) groups is 1. The molecule has 1 aliphatic heterocycles. The second-order valence-corrected chi connectivity index (χ2v) is 4.46. The van der Waals surface area contributed by atoms with Crippen molar-refractivity contribution in [2.24, 2.45) is 4.99 Å². The number of nitrogens with one attached hydrogen (secondary N) is 1. The Kier molecular flexibility index (Phi) is 3.61. The standard InChI is InChI=1S/C11H13FN2S/c12-10-4-1-3-9(7-10)8-14-11-13-5-2-6-15-11/h1,3-4,7H,2,5-6,8H2,(H,13,14). The van der Waals surface area contributed by atoms with Crippen molar-refractivity contribution in [3.63, 3.8) is 0 Å². The fourth-order valence-electron chi connectivity index (χ4n) is 1.39. The van der Waals surface area contributed by atoms with Crippen LogP contribution in [0.4, 0.5) is 4.39 Å². The fourth-order valence-corrected chi connectivity index (χ4v) is 2.21. The first kappa shape index (κ1) is 10.5. The maximum atomic E-state index is 12.9. The van der Waals surface area contributed by atoms with Crippen molar-refractivity contribution < 1.29 is 4.39 Å². The summed E-state index contributed by atoms with van der Waals surface area (Å²) in [6.45, 7) is 1.54. The normalized spacial score (nSPS) is 15.9. The van der Waals surface area contributed by atoms with Gasteiger partial charge in [0.25, 0.3) is 0 Å². The van der Waals surface area contributed by atoms with Gasteiger partial charge >= 0.3 is 0 Å². The van der Waals surface area contributed by atoms with E-state index in [1.165, 1.54) is 6.07 Å². The first-order valence-corrected chi connectivity index (χ1v) is 5.99. The molecule has 2 nitrogen and oxygen atoms in total. The van der Waals surface area contributed by atoms with Crippen molar-refractivity contribution in [1.29, 1.82) is 0 Å². The molecule has 0 radical (unpaired) electrons. The van der Waals surface area contributed by atoms with Crippen LogP contribution in [0, 0.1) is 5.82 Å². The number of rotatable bonds is 2. The van der Waals surface area contributed by atoms with Crippen LogP contribution in [0.2, 0.25) is 0 Å². The molecule has 1 heterocycles. The number of amidine groups is 1. The highest BCUT2D eigenvalue weighted by molar-refractivity contribution is 8.13. The van der Waals surface area contributed by atoms with E-state index in [1.807, 2.05) is 6.07 Å². The zero-order valence-corrected chi connectivity index (χ0v) is 9.19. The molecule has 0 amide bonds. The maximum absolute atomic E-state index is 12.9. The molecule has 80 valence electrons. The summed E-state index contributed by atoms with van der Waals surface area (Å²) < 4.78 is 12.9. The number of thioether (sulfide) groups is 1. The predicted molar refractivity (Wildman–Crippen MR) is 62.6 cm³/mol. The molecule has 4 heteroatoms. The Bertz CT molecular complexity index is 365. The minimum atomic E-state index is -0.187. The summed E-state index contributed by atoms with van der Waals surface area (Å²) in [5.74, 6) is 0.933. The Morgan fingerprint density at radius 1 is 1.47 bits per heavy atom. The summed E-state index contributed by atoms with van der Waals surface area (Å²) in [5, 5.41) is 4.19. The van der Waals surface area contributed by atoms with Crippen LogP contribution in [0.5, 0.6) is 0 Å². The zero-order valence-electron chi connectivity index (χ0n) is 8.37. The number of nitrogens with zero attached hydrogens (tertiary/aromatic N) is 1. The fraction of sp³-hybridized carbons (Fsp3) is 0.364. The van der Waals surface area contributed by atoms with Crippen LogP contribution in [0.15, 0.2) is 29.3 Å². The molecule has 15 heavy (non-hydrogen) atoms. The van der Waals surface area contributed by atoms with Gasteiger partial charge < -0.3 is 5.32 Å². The van der Waals surface area contributed by atoms with Gasteiger partial charge in [-0.15, -0.1) is 0 Å². The molecule has 0 bridgehead atoms. The third kappa shape index (κ3) is 3.23. The monoisotopic (exact) mass is 224 g/mol. The van der Waals surface area contributed by atoms with Gasteiger partial charge in [0, 0.05) is 18.8 Å². The first-order valence-electron chi connectivity index (χ1n) is 5.00. The zero-order chi connectivity index (χ0) is 10.5. The molecule has 1 aromatic carbocycles. The highest BCUT2D eigenvalue weighted by Crippen LogP contribution is 2.11. The van der Waals surface area contributed by atoms with Gasteiger partial charge in [0.15, 0.2) is 5.17 Å². The average Bonchev–Trinajstić information content (AvgIpc) is 2.28. The van der Waals surface area contributed by atoms with Crippen molar-refractivity contribution >= 4 is 16.9 Å². The van der Waals surface area contributed by atoms with E-state index in [1.54, 1.807) is 23.9 Å². The molecule has 1 aliphatic rings. The van der Waals surface area contributed by atoms with E-state index in [-0.39, 0.29) is 5.82 Å². The summed E-state index contributed by atoms with van der Waals surface area (Å²) in [6, 6.07) is 6.63. The Labute approximate surface area is 93.0 Å². The summed E-state index contributed by atoms with van der Waals surface area (Å²) in [6.07, 6.45) is 1.15. The van der Waals surface area contributed by atoms with Gasteiger partial charge in [-0.1, -0.05) is 23.9 Å². The SMILES string of the molecule is Fc1cccc(CNC2=NCCCS2)c1. The third-order valence-corrected chi connectivity index (χ3v) is 3.17. The third-order valence-electron chi connectivity index (χ3n) is 2.13. The van der Waals surface area contributed by atoms with Gasteiger partial charge in [-0.05, 0) is 24.1 Å². The van der Waals surface area contributed by atoms with Gasteiger partial charge in [0.05, 0.1) is 0 Å². The van der Waals surface area contributed by atoms with E-state index >= 15 is 0 Å². The molecule has 0 aliphatic carbocycles. The topological polar surface area (TPSA) is 24.4 Å². The summed E-state index contributed by atoms with van der Waals surface area (Å²) >= 11 is 1.73. The van der Waals surface area contributed by atoms with Crippen LogP contribution in [-0.4, -0.2) is 17.5 Å². The lowest BCUT2D eigenvalue weighted by atomic mass is 10.2. The number of hydrogen-bond donors (Lipinski definition) is 1. The Morgan fingerprint density at radius 2 is 2.40 bits per heavy atom. The minimum Gasteiger partial charge on any atom is -0.361 e. The quantitative estimate of drug-likeness (QED) is 0.834. The van der Waals surface area contributed by atoms with Crippen LogP contribution in [0.25, 0.3) is 0 Å². The Hall–Kier alpha value is -1.03. The van der Waals surface area contributed by atoms with Crippen molar-refractivity contribution in [1.82, 2.24) is 5.32 Å². The summed E-state index contributed by atoms with van der Waals surface area (Å²) in [7, 11) is 0. The van der Waals surface area contributed by atoms with Crippen LogP contribution in [0.3, 0.4) is 0 Å². The van der Waals surface area contributed by atoms with Crippen LogP contribution in [0.1, 0.15) is 12.0 Å². The molecule has 0 unspecified atom stereocenters. The highest BCUT2D eigenvalue weighted by Gasteiger charge is 2.04. The number of benzene rings is 1. The molecule has 0 spiro atoms.